The molecular weight excluding hydrogens is 204 g/mol. The molecule has 16 heavy (non-hydrogen) atoms. The Balaban J connectivity index is 2.50. The fourth-order valence-electron chi connectivity index (χ4n) is 1.32. The second kappa shape index (κ2) is 7.06. The Morgan fingerprint density at radius 2 is 2.25 bits per heavy atom. The number of aliphatic hydroxyl groups is 1. The average molecular weight is 224 g/mol. The van der Waals surface area contributed by atoms with Gasteiger partial charge in [-0.3, -0.25) is 0 Å². The third-order valence-electron chi connectivity index (χ3n) is 2.01. The van der Waals surface area contributed by atoms with Gasteiger partial charge in [0.15, 0.2) is 11.6 Å². The maximum absolute atomic E-state index is 8.67. The Morgan fingerprint density at radius 3 is 2.94 bits per heavy atom. The molecule has 0 bridgehead atoms. The fraction of sp³-hybridized carbons (Fsp3) is 0.583. The van der Waals surface area contributed by atoms with E-state index < -0.39 is 0 Å². The lowest BCUT2D eigenvalue weighted by Crippen LogP contribution is -2.10. The van der Waals surface area contributed by atoms with E-state index in [0.717, 1.165) is 31.0 Å². The Morgan fingerprint density at radius 1 is 1.44 bits per heavy atom. The van der Waals surface area contributed by atoms with Gasteiger partial charge < -0.3 is 15.2 Å². The van der Waals surface area contributed by atoms with Crippen LogP contribution in [-0.4, -0.2) is 29.3 Å². The number of unbranched alkanes of at least 4 members (excludes halogenated alkanes) is 1. The number of rotatable bonds is 7. The van der Waals surface area contributed by atoms with E-state index in [1.807, 2.05) is 26.0 Å². The number of nitrogens with one attached hydrogen (secondary N) is 1. The highest BCUT2D eigenvalue weighted by atomic mass is 16.5. The van der Waals surface area contributed by atoms with E-state index in [1.165, 1.54) is 0 Å². The van der Waals surface area contributed by atoms with Gasteiger partial charge in [-0.1, -0.05) is 0 Å². The zero-order valence-corrected chi connectivity index (χ0v) is 9.94. The van der Waals surface area contributed by atoms with Gasteiger partial charge in [-0.15, -0.1) is 0 Å². The number of hydrogen-bond donors (Lipinski definition) is 2. The van der Waals surface area contributed by atoms with E-state index in [1.54, 1.807) is 6.20 Å². The zero-order valence-electron chi connectivity index (χ0n) is 9.94. The summed E-state index contributed by atoms with van der Waals surface area (Å²) in [6.45, 7) is 5.01. The lowest BCUT2D eigenvalue weighted by atomic mass is 10.3. The van der Waals surface area contributed by atoms with Crippen molar-refractivity contribution in [2.45, 2.75) is 32.8 Å². The second-order valence-corrected chi connectivity index (χ2v) is 3.87. The monoisotopic (exact) mass is 224 g/mol. The minimum absolute atomic E-state index is 0.141. The van der Waals surface area contributed by atoms with Crippen LogP contribution in [0, 0.1) is 0 Å². The Hall–Kier alpha value is -1.29. The highest BCUT2D eigenvalue weighted by Crippen LogP contribution is 2.21. The Kier molecular flexibility index (Phi) is 5.64. The van der Waals surface area contributed by atoms with Crippen LogP contribution < -0.4 is 10.1 Å². The van der Waals surface area contributed by atoms with Crippen molar-refractivity contribution in [1.82, 2.24) is 4.98 Å². The molecule has 0 aliphatic rings. The first-order chi connectivity index (χ1) is 7.74. The predicted octanol–water partition coefficient (Wildman–Crippen LogP) is 2.05. The third-order valence-corrected chi connectivity index (χ3v) is 2.01. The summed E-state index contributed by atoms with van der Waals surface area (Å²) < 4.78 is 5.63. The summed E-state index contributed by atoms with van der Waals surface area (Å²) in [6, 6.07) is 3.76. The molecule has 90 valence electrons. The SMILES string of the molecule is CC(C)Oc1cccnc1NCCCCO. The molecule has 1 heterocycles. The molecule has 0 atom stereocenters. The molecule has 2 N–H and O–H groups in total. The van der Waals surface area contributed by atoms with Crippen molar-refractivity contribution in [2.24, 2.45) is 0 Å². The van der Waals surface area contributed by atoms with Gasteiger partial charge >= 0.3 is 0 Å². The first-order valence-corrected chi connectivity index (χ1v) is 5.70. The molecular formula is C12H20N2O2. The summed E-state index contributed by atoms with van der Waals surface area (Å²) in [5, 5.41) is 11.9. The van der Waals surface area contributed by atoms with Gasteiger partial charge in [0.25, 0.3) is 0 Å². The van der Waals surface area contributed by atoms with Gasteiger partial charge in [0.05, 0.1) is 6.10 Å². The number of aliphatic hydroxyl groups excluding tert-OH is 1. The van der Waals surface area contributed by atoms with Gasteiger partial charge in [0.1, 0.15) is 0 Å². The average Bonchev–Trinajstić information content (AvgIpc) is 2.26. The number of ether oxygens (including phenoxy) is 1. The molecule has 0 amide bonds. The minimum atomic E-state index is 0.141. The van der Waals surface area contributed by atoms with Crippen molar-refractivity contribution in [3.8, 4) is 5.75 Å². The molecule has 0 aromatic carbocycles. The molecule has 1 aromatic rings. The Bertz CT molecular complexity index is 303. The van der Waals surface area contributed by atoms with Crippen molar-refractivity contribution in [3.63, 3.8) is 0 Å². The van der Waals surface area contributed by atoms with Crippen molar-refractivity contribution >= 4 is 5.82 Å². The number of hydrogen-bond acceptors (Lipinski definition) is 4. The maximum atomic E-state index is 8.67. The molecule has 0 radical (unpaired) electrons. The summed E-state index contributed by atoms with van der Waals surface area (Å²) in [5.74, 6) is 1.55. The van der Waals surface area contributed by atoms with Crippen LogP contribution in [0.3, 0.4) is 0 Å². The van der Waals surface area contributed by atoms with Crippen LogP contribution >= 0.6 is 0 Å². The first kappa shape index (κ1) is 12.8. The van der Waals surface area contributed by atoms with E-state index >= 15 is 0 Å². The van der Waals surface area contributed by atoms with Crippen LogP contribution in [0.25, 0.3) is 0 Å². The topological polar surface area (TPSA) is 54.4 Å². The van der Waals surface area contributed by atoms with Crippen molar-refractivity contribution in [2.75, 3.05) is 18.5 Å². The van der Waals surface area contributed by atoms with Gasteiger partial charge in [0.2, 0.25) is 0 Å². The van der Waals surface area contributed by atoms with Gasteiger partial charge in [-0.05, 0) is 38.8 Å². The molecule has 1 aromatic heterocycles. The number of anilines is 1. The van der Waals surface area contributed by atoms with E-state index in [4.69, 9.17) is 9.84 Å². The van der Waals surface area contributed by atoms with Crippen LogP contribution in [0.2, 0.25) is 0 Å². The normalized spacial score (nSPS) is 10.5. The molecule has 0 aliphatic heterocycles. The van der Waals surface area contributed by atoms with E-state index in [-0.39, 0.29) is 12.7 Å². The molecule has 4 heteroatoms. The van der Waals surface area contributed by atoms with E-state index in [2.05, 4.69) is 10.3 Å². The quantitative estimate of drug-likeness (QED) is 0.696. The van der Waals surface area contributed by atoms with Gasteiger partial charge in [-0.25, -0.2) is 4.98 Å². The fourth-order valence-corrected chi connectivity index (χ4v) is 1.32. The highest BCUT2D eigenvalue weighted by Gasteiger charge is 2.05. The van der Waals surface area contributed by atoms with Crippen molar-refractivity contribution < 1.29 is 9.84 Å². The summed E-state index contributed by atoms with van der Waals surface area (Å²) in [5.41, 5.74) is 0. The predicted molar refractivity (Wildman–Crippen MR) is 64.8 cm³/mol. The molecule has 0 saturated carbocycles. The minimum Gasteiger partial charge on any atom is -0.487 e. The number of aromatic nitrogens is 1. The Labute approximate surface area is 96.7 Å². The molecule has 4 nitrogen and oxygen atoms in total. The zero-order chi connectivity index (χ0) is 11.8. The first-order valence-electron chi connectivity index (χ1n) is 5.70. The molecule has 1 rings (SSSR count). The van der Waals surface area contributed by atoms with Crippen LogP contribution in [0.5, 0.6) is 5.75 Å². The van der Waals surface area contributed by atoms with Crippen LogP contribution in [0.1, 0.15) is 26.7 Å². The summed E-state index contributed by atoms with van der Waals surface area (Å²) >= 11 is 0. The number of pyridine rings is 1. The van der Waals surface area contributed by atoms with Crippen LogP contribution in [-0.2, 0) is 0 Å². The standard InChI is InChI=1S/C12H20N2O2/c1-10(2)16-11-6-5-8-14-12(11)13-7-3-4-9-15/h5-6,8,10,15H,3-4,7,9H2,1-2H3,(H,13,14). The summed E-state index contributed by atoms with van der Waals surface area (Å²) in [4.78, 5) is 4.23. The smallest absolute Gasteiger partial charge is 0.168 e. The van der Waals surface area contributed by atoms with E-state index in [9.17, 15) is 0 Å². The molecule has 0 aliphatic carbocycles. The van der Waals surface area contributed by atoms with Gasteiger partial charge in [0, 0.05) is 19.3 Å². The third kappa shape index (κ3) is 4.49. The van der Waals surface area contributed by atoms with Crippen molar-refractivity contribution in [3.05, 3.63) is 18.3 Å². The molecule has 0 saturated heterocycles. The molecule has 0 fully saturated rings. The number of nitrogens with zero attached hydrogens (tertiary/aromatic N) is 1. The molecule has 0 spiro atoms. The highest BCUT2D eigenvalue weighted by molar-refractivity contribution is 5.49. The van der Waals surface area contributed by atoms with E-state index in [0.29, 0.717) is 0 Å². The molecule has 0 unspecified atom stereocenters. The largest absolute Gasteiger partial charge is 0.487 e. The van der Waals surface area contributed by atoms with Crippen LogP contribution in [0.15, 0.2) is 18.3 Å². The van der Waals surface area contributed by atoms with Crippen molar-refractivity contribution in [1.29, 1.82) is 0 Å². The maximum Gasteiger partial charge on any atom is 0.168 e. The second-order valence-electron chi connectivity index (χ2n) is 3.87. The van der Waals surface area contributed by atoms with Gasteiger partial charge in [-0.2, -0.15) is 0 Å². The van der Waals surface area contributed by atoms with Crippen LogP contribution in [0.4, 0.5) is 5.82 Å². The summed E-state index contributed by atoms with van der Waals surface area (Å²) in [7, 11) is 0. The summed E-state index contributed by atoms with van der Waals surface area (Å²) in [6.07, 6.45) is 3.61. The lowest BCUT2D eigenvalue weighted by Gasteiger charge is -2.14. The lowest BCUT2D eigenvalue weighted by molar-refractivity contribution is 0.243.